The van der Waals surface area contributed by atoms with Gasteiger partial charge in [-0.3, -0.25) is 14.2 Å². The van der Waals surface area contributed by atoms with Gasteiger partial charge in [-0.25, -0.2) is 9.48 Å². The molecule has 3 heterocycles. The number of rotatable bonds is 8. The highest BCUT2D eigenvalue weighted by atomic mass is 16.5. The molecule has 11 nitrogen and oxygen atoms in total. The number of hydrogen-bond donors (Lipinski definition) is 1. The molecule has 164 valence electrons. The number of methoxy groups -OCH3 is 1. The van der Waals surface area contributed by atoms with Crippen LogP contribution >= 0.6 is 0 Å². The molecular formula is C20H24N6O5. The molecule has 0 radical (unpaired) electrons. The summed E-state index contributed by atoms with van der Waals surface area (Å²) in [6.07, 6.45) is 3.23. The van der Waals surface area contributed by atoms with Crippen LogP contribution in [-0.4, -0.2) is 69.1 Å². The fourth-order valence-electron chi connectivity index (χ4n) is 3.81. The maximum Gasteiger partial charge on any atom is 0.420 e. The third-order valence-corrected chi connectivity index (χ3v) is 5.33. The quantitative estimate of drug-likeness (QED) is 0.510. The van der Waals surface area contributed by atoms with Gasteiger partial charge in [-0.1, -0.05) is 17.3 Å². The van der Waals surface area contributed by atoms with Crippen LogP contribution in [0, 0.1) is 0 Å². The van der Waals surface area contributed by atoms with E-state index in [1.54, 1.807) is 47.2 Å². The van der Waals surface area contributed by atoms with Crippen LogP contribution in [0.15, 0.2) is 39.7 Å². The Balaban J connectivity index is 1.41. The van der Waals surface area contributed by atoms with E-state index >= 15 is 0 Å². The molecule has 11 heteroatoms. The molecule has 0 spiro atoms. The number of nitrogens with zero attached hydrogens (tertiary/aromatic N) is 5. The van der Waals surface area contributed by atoms with E-state index in [0.29, 0.717) is 37.3 Å². The Bertz CT molecular complexity index is 1130. The van der Waals surface area contributed by atoms with E-state index in [4.69, 9.17) is 9.15 Å². The van der Waals surface area contributed by atoms with Crippen LogP contribution in [0.4, 0.5) is 0 Å². The number of aromatic nitrogens is 4. The molecule has 3 aromatic rings. The molecular weight excluding hydrogens is 404 g/mol. The molecule has 1 atom stereocenters. The van der Waals surface area contributed by atoms with E-state index in [-0.39, 0.29) is 30.1 Å². The van der Waals surface area contributed by atoms with Crippen molar-refractivity contribution in [2.75, 3.05) is 26.8 Å². The molecule has 4 rings (SSSR count). The standard InChI is InChI=1S/C20H24N6O5/c1-30-10-8-21-19(28)15-12-24(23-22-15)11-14-5-4-9-25(14)18(27)13-26-16-6-2-3-7-17(16)31-20(26)29/h2-3,6-7,12,14H,4-5,8-11,13H2,1H3,(H,21,28). The second kappa shape index (κ2) is 9.13. The number of oxazole rings is 1. The number of ether oxygens (including phenoxy) is 1. The average molecular weight is 428 g/mol. The van der Waals surface area contributed by atoms with Crippen molar-refractivity contribution in [3.05, 3.63) is 46.7 Å². The van der Waals surface area contributed by atoms with E-state index in [1.807, 2.05) is 0 Å². The Hall–Kier alpha value is -3.47. The van der Waals surface area contributed by atoms with Gasteiger partial charge in [-0.05, 0) is 25.0 Å². The van der Waals surface area contributed by atoms with Crippen LogP contribution in [0.25, 0.3) is 11.1 Å². The molecule has 2 aromatic heterocycles. The van der Waals surface area contributed by atoms with Crippen molar-refractivity contribution in [1.29, 1.82) is 0 Å². The fraction of sp³-hybridized carbons (Fsp3) is 0.450. The van der Waals surface area contributed by atoms with Gasteiger partial charge in [-0.15, -0.1) is 5.10 Å². The average Bonchev–Trinajstić information content (AvgIpc) is 3.48. The highest BCUT2D eigenvalue weighted by molar-refractivity contribution is 5.91. The molecule has 1 unspecified atom stereocenters. The van der Waals surface area contributed by atoms with Crippen LogP contribution in [-0.2, 0) is 22.6 Å². The number of likely N-dealkylation sites (tertiary alicyclic amines) is 1. The van der Waals surface area contributed by atoms with Crippen molar-refractivity contribution in [2.24, 2.45) is 0 Å². The first-order valence-electron chi connectivity index (χ1n) is 10.1. The third-order valence-electron chi connectivity index (χ3n) is 5.33. The number of fused-ring (bicyclic) bond motifs is 1. The first-order valence-corrected chi connectivity index (χ1v) is 10.1. The summed E-state index contributed by atoms with van der Waals surface area (Å²) in [5, 5.41) is 10.6. The normalized spacial score (nSPS) is 16.2. The SMILES string of the molecule is COCCNC(=O)c1cn(CC2CCCN2C(=O)Cn2c(=O)oc3ccccc32)nn1. The summed E-state index contributed by atoms with van der Waals surface area (Å²) in [7, 11) is 1.56. The lowest BCUT2D eigenvalue weighted by Gasteiger charge is -2.24. The number of carbonyl (C=O) groups is 2. The summed E-state index contributed by atoms with van der Waals surface area (Å²) in [6.45, 7) is 1.73. The topological polar surface area (TPSA) is 124 Å². The minimum absolute atomic E-state index is 0.0864. The maximum absolute atomic E-state index is 13.0. The molecule has 1 aromatic carbocycles. The number of carbonyl (C=O) groups excluding carboxylic acids is 2. The highest BCUT2D eigenvalue weighted by Crippen LogP contribution is 2.20. The summed E-state index contributed by atoms with van der Waals surface area (Å²) in [6, 6.07) is 6.93. The molecule has 1 aliphatic heterocycles. The second-order valence-electron chi connectivity index (χ2n) is 7.38. The smallest absolute Gasteiger partial charge is 0.408 e. The van der Waals surface area contributed by atoms with Crippen molar-refractivity contribution in [1.82, 2.24) is 29.8 Å². The Morgan fingerprint density at radius 1 is 1.32 bits per heavy atom. The molecule has 1 aliphatic rings. The lowest BCUT2D eigenvalue weighted by Crippen LogP contribution is -2.41. The molecule has 1 N–H and O–H groups in total. The van der Waals surface area contributed by atoms with Crippen LogP contribution in [0.1, 0.15) is 23.3 Å². The second-order valence-corrected chi connectivity index (χ2v) is 7.38. The molecule has 0 bridgehead atoms. The lowest BCUT2D eigenvalue weighted by atomic mass is 10.2. The number of nitrogens with one attached hydrogen (secondary N) is 1. The van der Waals surface area contributed by atoms with Crippen molar-refractivity contribution in [3.63, 3.8) is 0 Å². The molecule has 1 fully saturated rings. The van der Waals surface area contributed by atoms with E-state index in [9.17, 15) is 14.4 Å². The van der Waals surface area contributed by atoms with Gasteiger partial charge in [-0.2, -0.15) is 0 Å². The molecule has 0 saturated carbocycles. The zero-order chi connectivity index (χ0) is 21.8. The van der Waals surface area contributed by atoms with Gasteiger partial charge in [0.2, 0.25) is 5.91 Å². The number of hydrogen-bond acceptors (Lipinski definition) is 7. The summed E-state index contributed by atoms with van der Waals surface area (Å²) in [4.78, 5) is 39.0. The zero-order valence-electron chi connectivity index (χ0n) is 17.2. The van der Waals surface area contributed by atoms with Crippen molar-refractivity contribution in [2.45, 2.75) is 32.0 Å². The Kier molecular flexibility index (Phi) is 6.12. The van der Waals surface area contributed by atoms with E-state index in [2.05, 4.69) is 15.6 Å². The first-order chi connectivity index (χ1) is 15.1. The first kappa shape index (κ1) is 20.8. The summed E-state index contributed by atoms with van der Waals surface area (Å²) < 4.78 is 13.0. The van der Waals surface area contributed by atoms with Gasteiger partial charge in [0.25, 0.3) is 5.91 Å². The minimum atomic E-state index is -0.550. The van der Waals surface area contributed by atoms with Crippen LogP contribution in [0.3, 0.4) is 0 Å². The van der Waals surface area contributed by atoms with Gasteiger partial charge in [0.1, 0.15) is 6.54 Å². The fourth-order valence-corrected chi connectivity index (χ4v) is 3.81. The predicted octanol–water partition coefficient (Wildman–Crippen LogP) is 0.253. The molecule has 31 heavy (non-hydrogen) atoms. The van der Waals surface area contributed by atoms with Crippen molar-refractivity contribution in [3.8, 4) is 0 Å². The summed E-state index contributed by atoms with van der Waals surface area (Å²) in [5.41, 5.74) is 1.26. The van der Waals surface area contributed by atoms with Crippen LogP contribution < -0.4 is 11.1 Å². The van der Waals surface area contributed by atoms with Crippen LogP contribution in [0.5, 0.6) is 0 Å². The number of amides is 2. The molecule has 0 aliphatic carbocycles. The number of benzene rings is 1. The van der Waals surface area contributed by atoms with Crippen molar-refractivity contribution >= 4 is 22.9 Å². The summed E-state index contributed by atoms with van der Waals surface area (Å²) in [5.74, 6) is -1.03. The Morgan fingerprint density at radius 3 is 3.00 bits per heavy atom. The predicted molar refractivity (Wildman–Crippen MR) is 109 cm³/mol. The highest BCUT2D eigenvalue weighted by Gasteiger charge is 2.30. The van der Waals surface area contributed by atoms with Gasteiger partial charge in [0.15, 0.2) is 11.3 Å². The third kappa shape index (κ3) is 4.50. The molecule has 1 saturated heterocycles. The molecule has 2 amide bonds. The largest absolute Gasteiger partial charge is 0.420 e. The van der Waals surface area contributed by atoms with E-state index in [1.165, 1.54) is 4.57 Å². The van der Waals surface area contributed by atoms with Gasteiger partial charge < -0.3 is 19.4 Å². The monoisotopic (exact) mass is 428 g/mol. The van der Waals surface area contributed by atoms with Gasteiger partial charge in [0.05, 0.1) is 30.9 Å². The Labute approximate surface area is 177 Å². The van der Waals surface area contributed by atoms with Gasteiger partial charge >= 0.3 is 5.76 Å². The Morgan fingerprint density at radius 2 is 2.16 bits per heavy atom. The van der Waals surface area contributed by atoms with Crippen LogP contribution in [0.2, 0.25) is 0 Å². The van der Waals surface area contributed by atoms with Gasteiger partial charge in [0, 0.05) is 20.2 Å². The maximum atomic E-state index is 13.0. The lowest BCUT2D eigenvalue weighted by molar-refractivity contribution is -0.132. The number of para-hydroxylation sites is 2. The van der Waals surface area contributed by atoms with E-state index < -0.39 is 5.76 Å². The summed E-state index contributed by atoms with van der Waals surface area (Å²) >= 11 is 0. The van der Waals surface area contributed by atoms with Crippen molar-refractivity contribution < 1.29 is 18.7 Å². The minimum Gasteiger partial charge on any atom is -0.408 e. The van der Waals surface area contributed by atoms with E-state index in [0.717, 1.165) is 12.8 Å². The zero-order valence-corrected chi connectivity index (χ0v) is 17.2.